The molecule has 1 aromatic heterocycles. The lowest BCUT2D eigenvalue weighted by Gasteiger charge is -2.29. The quantitative estimate of drug-likeness (QED) is 0.693. The van der Waals surface area contributed by atoms with Crippen LogP contribution in [0.5, 0.6) is 5.75 Å². The van der Waals surface area contributed by atoms with Crippen molar-refractivity contribution in [3.05, 3.63) is 94.8 Å². The zero-order valence-electron chi connectivity index (χ0n) is 15.2. The van der Waals surface area contributed by atoms with E-state index >= 15 is 0 Å². The van der Waals surface area contributed by atoms with Crippen LogP contribution in [0.3, 0.4) is 0 Å². The van der Waals surface area contributed by atoms with Crippen molar-refractivity contribution in [1.29, 1.82) is 0 Å². The van der Waals surface area contributed by atoms with Crippen molar-refractivity contribution in [1.82, 2.24) is 10.3 Å². The number of aromatic nitrogens is 1. The third kappa shape index (κ3) is 3.18. The smallest absolute Gasteiger partial charge is 0.142 e. The van der Waals surface area contributed by atoms with Gasteiger partial charge in [0.15, 0.2) is 0 Å². The number of nitrogens with one attached hydrogen (secondary N) is 1. The summed E-state index contributed by atoms with van der Waals surface area (Å²) in [6.07, 6.45) is 4.84. The molecule has 2 heterocycles. The second-order valence-corrected chi connectivity index (χ2v) is 7.15. The highest BCUT2D eigenvalue weighted by Crippen LogP contribution is 2.40. The molecule has 1 atom stereocenters. The second kappa shape index (κ2) is 7.17. The van der Waals surface area contributed by atoms with E-state index in [1.807, 2.05) is 48.5 Å². The maximum Gasteiger partial charge on any atom is 0.142 e. The third-order valence-corrected chi connectivity index (χ3v) is 5.35. The van der Waals surface area contributed by atoms with E-state index in [-0.39, 0.29) is 5.82 Å². The summed E-state index contributed by atoms with van der Waals surface area (Å²) in [6, 6.07) is 15.2. The largest absolute Gasteiger partial charge is 0.495 e. The number of nitrogens with two attached hydrogens (primary N) is 1. The molecule has 2 aromatic carbocycles. The van der Waals surface area contributed by atoms with Gasteiger partial charge >= 0.3 is 0 Å². The number of nitrogens with zero attached hydrogens (tertiary/aromatic N) is 1. The zero-order valence-corrected chi connectivity index (χ0v) is 16.0. The Balaban J connectivity index is 1.86. The third-order valence-electron chi connectivity index (χ3n) is 5.06. The fourth-order valence-corrected chi connectivity index (χ4v) is 3.89. The van der Waals surface area contributed by atoms with E-state index in [1.54, 1.807) is 13.3 Å². The molecule has 1 aliphatic heterocycles. The van der Waals surface area contributed by atoms with Crippen molar-refractivity contribution in [2.45, 2.75) is 5.41 Å². The highest BCUT2D eigenvalue weighted by molar-refractivity contribution is 6.32. The van der Waals surface area contributed by atoms with Crippen LogP contribution in [-0.4, -0.2) is 18.6 Å². The fraction of sp³-hybridized carbons (Fsp3) is 0.136. The molecule has 0 amide bonds. The van der Waals surface area contributed by atoms with Crippen LogP contribution in [-0.2, 0) is 5.41 Å². The molecule has 3 N–H and O–H groups in total. The Morgan fingerprint density at radius 2 is 1.93 bits per heavy atom. The van der Waals surface area contributed by atoms with Gasteiger partial charge in [0.1, 0.15) is 11.6 Å². The van der Waals surface area contributed by atoms with Crippen molar-refractivity contribution in [2.75, 3.05) is 13.7 Å². The van der Waals surface area contributed by atoms with Crippen LogP contribution in [0.15, 0.2) is 72.8 Å². The van der Waals surface area contributed by atoms with Gasteiger partial charge < -0.3 is 15.8 Å². The van der Waals surface area contributed by atoms with Crippen molar-refractivity contribution in [2.24, 2.45) is 5.73 Å². The molecular weight excluding hydrogens is 377 g/mol. The molecule has 28 heavy (non-hydrogen) atoms. The second-order valence-electron chi connectivity index (χ2n) is 6.75. The van der Waals surface area contributed by atoms with Gasteiger partial charge in [0, 0.05) is 18.3 Å². The Morgan fingerprint density at radius 3 is 2.61 bits per heavy atom. The van der Waals surface area contributed by atoms with Crippen LogP contribution in [0.2, 0.25) is 5.02 Å². The first kappa shape index (κ1) is 18.3. The summed E-state index contributed by atoms with van der Waals surface area (Å²) in [5.74, 6) is 0.846. The van der Waals surface area contributed by atoms with Gasteiger partial charge in [-0.25, -0.2) is 4.39 Å². The van der Waals surface area contributed by atoms with E-state index < -0.39 is 5.41 Å². The summed E-state index contributed by atoms with van der Waals surface area (Å²) >= 11 is 6.39. The molecule has 0 spiro atoms. The average molecular weight is 396 g/mol. The molecule has 3 aromatic rings. The first-order valence-electron chi connectivity index (χ1n) is 8.79. The normalized spacial score (nSPS) is 18.5. The molecule has 0 fully saturated rings. The number of halogens is 2. The van der Waals surface area contributed by atoms with Crippen molar-refractivity contribution in [3.8, 4) is 16.9 Å². The topological polar surface area (TPSA) is 60.2 Å². The van der Waals surface area contributed by atoms with E-state index in [9.17, 15) is 4.39 Å². The van der Waals surface area contributed by atoms with E-state index in [0.717, 1.165) is 16.7 Å². The van der Waals surface area contributed by atoms with Gasteiger partial charge in [-0.3, -0.25) is 4.98 Å². The first-order chi connectivity index (χ1) is 13.5. The Bertz CT molecular complexity index is 1070. The minimum absolute atomic E-state index is 0.369. The summed E-state index contributed by atoms with van der Waals surface area (Å²) in [5.41, 5.74) is 9.17. The molecule has 0 saturated carbocycles. The van der Waals surface area contributed by atoms with Gasteiger partial charge in [0.05, 0.1) is 29.6 Å². The first-order valence-corrected chi connectivity index (χ1v) is 9.17. The zero-order chi connectivity index (χ0) is 19.7. The molecular formula is C22H19ClFN3O. The number of methoxy groups -OCH3 is 1. The van der Waals surface area contributed by atoms with Gasteiger partial charge in [-0.2, -0.15) is 0 Å². The number of rotatable bonds is 4. The predicted molar refractivity (Wildman–Crippen MR) is 109 cm³/mol. The van der Waals surface area contributed by atoms with E-state index in [2.05, 4.69) is 10.3 Å². The van der Waals surface area contributed by atoms with Crippen LogP contribution >= 0.6 is 11.6 Å². The monoisotopic (exact) mass is 395 g/mol. The molecule has 0 bridgehead atoms. The summed E-state index contributed by atoms with van der Waals surface area (Å²) < 4.78 is 18.9. The maximum atomic E-state index is 13.6. The fourth-order valence-electron chi connectivity index (χ4n) is 3.64. The molecule has 0 saturated heterocycles. The van der Waals surface area contributed by atoms with Crippen LogP contribution in [0.25, 0.3) is 11.1 Å². The highest BCUT2D eigenvalue weighted by atomic mass is 35.5. The number of hydrogen-bond donors (Lipinski definition) is 2. The Hall–Kier alpha value is -3.05. The number of pyridine rings is 1. The van der Waals surface area contributed by atoms with Crippen molar-refractivity contribution >= 4 is 11.6 Å². The van der Waals surface area contributed by atoms with Gasteiger partial charge in [-0.15, -0.1) is 0 Å². The van der Waals surface area contributed by atoms with Crippen molar-refractivity contribution < 1.29 is 9.13 Å². The van der Waals surface area contributed by atoms with Gasteiger partial charge in [0.2, 0.25) is 0 Å². The standard InChI is InChI=1S/C22H19ClFN3O/c1-28-20-6-5-17(9-19(20)23)22(10-21(25)27-13-22)16-4-2-3-14(7-16)15-8-18(24)12-26-11-15/h2-12,27H,13,25H2,1H3. The molecule has 0 radical (unpaired) electrons. The van der Waals surface area contributed by atoms with Crippen LogP contribution in [0.1, 0.15) is 11.1 Å². The maximum absolute atomic E-state index is 13.6. The van der Waals surface area contributed by atoms with Crippen molar-refractivity contribution in [3.63, 3.8) is 0 Å². The number of hydrogen-bond acceptors (Lipinski definition) is 4. The summed E-state index contributed by atoms with van der Waals surface area (Å²) in [4.78, 5) is 3.96. The Kier molecular flexibility index (Phi) is 4.69. The summed E-state index contributed by atoms with van der Waals surface area (Å²) in [5, 5.41) is 3.75. The SMILES string of the molecule is COc1ccc(C2(c3cccc(-c4cncc(F)c4)c3)C=C(N)NC2)cc1Cl. The van der Waals surface area contributed by atoms with Crippen LogP contribution in [0.4, 0.5) is 4.39 Å². The lowest BCUT2D eigenvalue weighted by molar-refractivity contribution is 0.414. The minimum Gasteiger partial charge on any atom is -0.495 e. The minimum atomic E-state index is -0.503. The Morgan fingerprint density at radius 1 is 1.11 bits per heavy atom. The van der Waals surface area contributed by atoms with Gasteiger partial charge in [-0.1, -0.05) is 35.9 Å². The molecule has 4 nitrogen and oxygen atoms in total. The Labute approximate surface area is 167 Å². The molecule has 1 aliphatic rings. The molecule has 6 heteroatoms. The average Bonchev–Trinajstić information content (AvgIpc) is 3.11. The number of ether oxygens (including phenoxy) is 1. The highest BCUT2D eigenvalue weighted by Gasteiger charge is 2.37. The molecule has 4 rings (SSSR count). The summed E-state index contributed by atoms with van der Waals surface area (Å²) in [6.45, 7) is 0.590. The lowest BCUT2D eigenvalue weighted by Crippen LogP contribution is -2.31. The van der Waals surface area contributed by atoms with Crippen LogP contribution in [0, 0.1) is 5.82 Å². The molecule has 1 unspecified atom stereocenters. The molecule has 142 valence electrons. The summed E-state index contributed by atoms with van der Waals surface area (Å²) in [7, 11) is 1.59. The van der Waals surface area contributed by atoms with E-state index in [0.29, 0.717) is 28.7 Å². The van der Waals surface area contributed by atoms with Crippen LogP contribution < -0.4 is 15.8 Å². The molecule has 0 aliphatic carbocycles. The van der Waals surface area contributed by atoms with Gasteiger partial charge in [-0.05, 0) is 47.0 Å². The van der Waals surface area contributed by atoms with E-state index in [1.165, 1.54) is 12.3 Å². The number of benzene rings is 2. The predicted octanol–water partition coefficient (Wildman–Crippen LogP) is 4.24. The van der Waals surface area contributed by atoms with E-state index in [4.69, 9.17) is 22.1 Å². The lowest BCUT2D eigenvalue weighted by atomic mass is 9.75. The van der Waals surface area contributed by atoms with Gasteiger partial charge in [0.25, 0.3) is 0 Å².